The van der Waals surface area contributed by atoms with Crippen molar-refractivity contribution in [2.75, 3.05) is 0 Å². The Labute approximate surface area is 139 Å². The molecule has 0 bridgehead atoms. The fourth-order valence-corrected chi connectivity index (χ4v) is 2.83. The number of hydrogen-bond acceptors (Lipinski definition) is 4. The fourth-order valence-electron chi connectivity index (χ4n) is 2.83. The number of ketones is 1. The molecule has 0 unspecified atom stereocenters. The SMILES string of the molecule is O=C1N[C@@H](c2ccco2)[C@@H](C(=O)c2ccccc2)[C@@](O)(C(F)(F)F)N1. The van der Waals surface area contributed by atoms with Crippen LogP contribution in [-0.4, -0.2) is 28.8 Å². The number of furan rings is 1. The van der Waals surface area contributed by atoms with Gasteiger partial charge in [0.15, 0.2) is 5.78 Å². The maximum atomic E-state index is 13.6. The summed E-state index contributed by atoms with van der Waals surface area (Å²) in [5.74, 6) is -3.15. The molecule has 1 saturated heterocycles. The molecule has 2 aromatic rings. The topological polar surface area (TPSA) is 91.6 Å². The van der Waals surface area contributed by atoms with E-state index < -0.39 is 35.7 Å². The first kappa shape index (κ1) is 17.0. The first-order valence-corrected chi connectivity index (χ1v) is 7.24. The van der Waals surface area contributed by atoms with Gasteiger partial charge in [0.1, 0.15) is 17.7 Å². The number of carbonyl (C=O) groups is 2. The summed E-state index contributed by atoms with van der Waals surface area (Å²) in [7, 11) is 0. The number of rotatable bonds is 3. The Morgan fingerprint density at radius 2 is 1.84 bits per heavy atom. The smallest absolute Gasteiger partial charge is 0.437 e. The van der Waals surface area contributed by atoms with Crippen molar-refractivity contribution in [2.24, 2.45) is 5.92 Å². The molecule has 3 atom stereocenters. The lowest BCUT2D eigenvalue weighted by Gasteiger charge is -2.44. The van der Waals surface area contributed by atoms with E-state index in [0.29, 0.717) is 0 Å². The molecule has 2 heterocycles. The Balaban J connectivity index is 2.14. The summed E-state index contributed by atoms with van der Waals surface area (Å²) in [6, 6.07) is 7.17. The van der Waals surface area contributed by atoms with Crippen LogP contribution >= 0.6 is 0 Å². The summed E-state index contributed by atoms with van der Waals surface area (Å²) < 4.78 is 45.8. The Morgan fingerprint density at radius 1 is 1.16 bits per heavy atom. The zero-order valence-electron chi connectivity index (χ0n) is 12.6. The van der Waals surface area contributed by atoms with Gasteiger partial charge in [0, 0.05) is 5.56 Å². The molecule has 1 aromatic carbocycles. The second-order valence-corrected chi connectivity index (χ2v) is 5.56. The molecule has 0 spiro atoms. The molecule has 1 aliphatic heterocycles. The molecule has 1 aliphatic rings. The van der Waals surface area contributed by atoms with Gasteiger partial charge >= 0.3 is 12.2 Å². The molecule has 25 heavy (non-hydrogen) atoms. The number of alkyl halides is 3. The number of Topliss-reactive ketones (excluding diaryl/α,β-unsaturated/α-hetero) is 1. The van der Waals surface area contributed by atoms with Gasteiger partial charge in [0.05, 0.1) is 6.26 Å². The minimum Gasteiger partial charge on any atom is -0.467 e. The second-order valence-electron chi connectivity index (χ2n) is 5.56. The van der Waals surface area contributed by atoms with Crippen molar-refractivity contribution in [3.63, 3.8) is 0 Å². The third-order valence-electron chi connectivity index (χ3n) is 4.00. The van der Waals surface area contributed by atoms with E-state index in [1.807, 2.05) is 0 Å². The van der Waals surface area contributed by atoms with Gasteiger partial charge in [-0.05, 0) is 12.1 Å². The molecule has 6 nitrogen and oxygen atoms in total. The zero-order valence-corrected chi connectivity index (χ0v) is 12.6. The van der Waals surface area contributed by atoms with Crippen molar-refractivity contribution in [3.05, 3.63) is 60.1 Å². The molecule has 3 rings (SSSR count). The minimum atomic E-state index is -5.29. The third kappa shape index (κ3) is 2.86. The van der Waals surface area contributed by atoms with Crippen LogP contribution in [0.1, 0.15) is 22.2 Å². The standard InChI is InChI=1S/C16H13F3N2O4/c17-16(18,19)15(24)11(13(22)9-5-2-1-3-6-9)12(20-14(23)21-15)10-7-4-8-25-10/h1-8,11-12,24H,(H2,20,21,23)/t11-,12-,15+/m0/s1. The van der Waals surface area contributed by atoms with Crippen LogP contribution in [-0.2, 0) is 0 Å². The van der Waals surface area contributed by atoms with Crippen LogP contribution in [0.4, 0.5) is 18.0 Å². The molecule has 1 aromatic heterocycles. The highest BCUT2D eigenvalue weighted by Crippen LogP contribution is 2.43. The van der Waals surface area contributed by atoms with Gasteiger partial charge in [-0.25, -0.2) is 4.79 Å². The number of benzene rings is 1. The van der Waals surface area contributed by atoms with E-state index in [1.54, 1.807) is 6.07 Å². The Bertz CT molecular complexity index is 776. The van der Waals surface area contributed by atoms with Crippen LogP contribution in [0.5, 0.6) is 0 Å². The molecule has 0 radical (unpaired) electrons. The lowest BCUT2D eigenvalue weighted by atomic mass is 9.79. The van der Waals surface area contributed by atoms with E-state index in [9.17, 15) is 27.9 Å². The van der Waals surface area contributed by atoms with Crippen LogP contribution in [0.2, 0.25) is 0 Å². The van der Waals surface area contributed by atoms with Crippen molar-refractivity contribution in [3.8, 4) is 0 Å². The van der Waals surface area contributed by atoms with E-state index in [2.05, 4.69) is 5.32 Å². The summed E-state index contributed by atoms with van der Waals surface area (Å²) >= 11 is 0. The predicted octanol–water partition coefficient (Wildman–Crippen LogP) is 2.38. The summed E-state index contributed by atoms with van der Waals surface area (Å²) in [4.78, 5) is 24.5. The van der Waals surface area contributed by atoms with E-state index in [-0.39, 0.29) is 11.3 Å². The van der Waals surface area contributed by atoms with Crippen LogP contribution in [0.25, 0.3) is 0 Å². The largest absolute Gasteiger partial charge is 0.467 e. The Hall–Kier alpha value is -2.81. The average molecular weight is 354 g/mol. The monoisotopic (exact) mass is 354 g/mol. The number of nitrogens with one attached hydrogen (secondary N) is 2. The molecule has 1 fully saturated rings. The predicted molar refractivity (Wildman–Crippen MR) is 78.4 cm³/mol. The Morgan fingerprint density at radius 3 is 2.40 bits per heavy atom. The van der Waals surface area contributed by atoms with Gasteiger partial charge in [-0.3, -0.25) is 4.79 Å². The Kier molecular flexibility index (Phi) is 4.03. The molecule has 2 amide bonds. The highest BCUT2D eigenvalue weighted by Gasteiger charge is 2.66. The van der Waals surface area contributed by atoms with E-state index >= 15 is 0 Å². The normalized spacial score (nSPS) is 26.6. The third-order valence-corrected chi connectivity index (χ3v) is 4.00. The van der Waals surface area contributed by atoms with Gasteiger partial charge in [0.25, 0.3) is 0 Å². The lowest BCUT2D eigenvalue weighted by Crippen LogP contribution is -2.72. The van der Waals surface area contributed by atoms with Crippen LogP contribution in [0.15, 0.2) is 53.1 Å². The molecule has 0 aliphatic carbocycles. The number of carbonyl (C=O) groups excluding carboxylic acids is 2. The van der Waals surface area contributed by atoms with Crippen molar-refractivity contribution < 1.29 is 32.3 Å². The van der Waals surface area contributed by atoms with Gasteiger partial charge < -0.3 is 20.2 Å². The van der Waals surface area contributed by atoms with Gasteiger partial charge in [-0.1, -0.05) is 30.3 Å². The van der Waals surface area contributed by atoms with Crippen molar-refractivity contribution in [2.45, 2.75) is 17.9 Å². The number of aliphatic hydroxyl groups is 1. The number of urea groups is 1. The van der Waals surface area contributed by atoms with Crippen LogP contribution in [0, 0.1) is 5.92 Å². The molecule has 132 valence electrons. The van der Waals surface area contributed by atoms with Crippen molar-refractivity contribution in [1.29, 1.82) is 0 Å². The fraction of sp³-hybridized carbons (Fsp3) is 0.250. The first-order valence-electron chi connectivity index (χ1n) is 7.24. The molecule has 3 N–H and O–H groups in total. The zero-order chi connectivity index (χ0) is 18.2. The van der Waals surface area contributed by atoms with Gasteiger partial charge in [-0.15, -0.1) is 0 Å². The molecular formula is C16H13F3N2O4. The summed E-state index contributed by atoms with van der Waals surface area (Å²) in [6.07, 6.45) is -4.09. The van der Waals surface area contributed by atoms with Crippen LogP contribution in [0.3, 0.4) is 0 Å². The maximum Gasteiger partial charge on any atom is 0.437 e. The molecular weight excluding hydrogens is 341 g/mol. The van der Waals surface area contributed by atoms with E-state index in [4.69, 9.17) is 4.42 Å². The average Bonchev–Trinajstić information content (AvgIpc) is 3.08. The maximum absolute atomic E-state index is 13.6. The van der Waals surface area contributed by atoms with E-state index in [1.165, 1.54) is 48.0 Å². The molecule has 0 saturated carbocycles. The van der Waals surface area contributed by atoms with Gasteiger partial charge in [-0.2, -0.15) is 13.2 Å². The summed E-state index contributed by atoms with van der Waals surface area (Å²) in [5.41, 5.74) is -3.79. The lowest BCUT2D eigenvalue weighted by molar-refractivity contribution is -0.288. The second kappa shape index (κ2) is 5.92. The van der Waals surface area contributed by atoms with E-state index in [0.717, 1.165) is 0 Å². The molecule has 9 heteroatoms. The van der Waals surface area contributed by atoms with Crippen molar-refractivity contribution in [1.82, 2.24) is 10.6 Å². The quantitative estimate of drug-likeness (QED) is 0.738. The summed E-state index contributed by atoms with van der Waals surface area (Å²) in [6.45, 7) is 0. The first-order chi connectivity index (χ1) is 11.7. The number of hydrogen-bond donors (Lipinski definition) is 3. The highest BCUT2D eigenvalue weighted by atomic mass is 19.4. The van der Waals surface area contributed by atoms with Crippen molar-refractivity contribution >= 4 is 11.8 Å². The number of halogens is 3. The highest BCUT2D eigenvalue weighted by molar-refractivity contribution is 6.00. The number of amides is 2. The minimum absolute atomic E-state index is 0.0373. The van der Waals surface area contributed by atoms with Gasteiger partial charge in [0.2, 0.25) is 5.72 Å². The van der Waals surface area contributed by atoms with Crippen LogP contribution < -0.4 is 10.6 Å². The summed E-state index contributed by atoms with van der Waals surface area (Å²) in [5, 5.41) is 13.9.